The van der Waals surface area contributed by atoms with Crippen LogP contribution in [-0.2, 0) is 9.59 Å². The first-order valence-electron chi connectivity index (χ1n) is 9.41. The third-order valence-electron chi connectivity index (χ3n) is 4.90. The van der Waals surface area contributed by atoms with E-state index in [4.69, 9.17) is 0 Å². The first kappa shape index (κ1) is 19.8. The first-order chi connectivity index (χ1) is 13.5. The number of carboxylic acids is 1. The van der Waals surface area contributed by atoms with Crippen molar-refractivity contribution in [3.63, 3.8) is 0 Å². The van der Waals surface area contributed by atoms with E-state index in [9.17, 15) is 14.7 Å². The molecule has 2 heterocycles. The van der Waals surface area contributed by atoms with E-state index in [1.807, 2.05) is 60.4 Å². The second kappa shape index (κ2) is 9.28. The summed E-state index contributed by atoms with van der Waals surface area (Å²) in [6.45, 7) is 3.47. The average molecular weight is 379 g/mol. The Labute approximate surface area is 164 Å². The molecule has 0 aliphatic carbocycles. The molecule has 3 rings (SSSR count). The molecule has 6 nitrogen and oxygen atoms in total. The van der Waals surface area contributed by atoms with E-state index in [1.165, 1.54) is 0 Å². The molecule has 2 atom stereocenters. The van der Waals surface area contributed by atoms with Crippen LogP contribution in [0.1, 0.15) is 17.7 Å². The van der Waals surface area contributed by atoms with Crippen LogP contribution < -0.4 is 5.32 Å². The van der Waals surface area contributed by atoms with Gasteiger partial charge in [0.1, 0.15) is 0 Å². The van der Waals surface area contributed by atoms with Crippen molar-refractivity contribution < 1.29 is 14.7 Å². The fraction of sp³-hybridized carbons (Fsp3) is 0.318. The molecule has 1 saturated heterocycles. The lowest BCUT2D eigenvalue weighted by Gasteiger charge is -2.34. The Morgan fingerprint density at radius 3 is 2.61 bits per heavy atom. The van der Waals surface area contributed by atoms with E-state index in [2.05, 4.69) is 10.3 Å². The number of piperidine rings is 1. The molecular weight excluding hydrogens is 354 g/mol. The largest absolute Gasteiger partial charge is 0.481 e. The quantitative estimate of drug-likeness (QED) is 0.806. The van der Waals surface area contributed by atoms with Crippen molar-refractivity contribution in [2.75, 3.05) is 25.0 Å². The highest BCUT2D eigenvalue weighted by molar-refractivity contribution is 5.93. The second-order valence-electron chi connectivity index (χ2n) is 7.18. The zero-order valence-corrected chi connectivity index (χ0v) is 15.9. The van der Waals surface area contributed by atoms with Gasteiger partial charge in [-0.2, -0.15) is 0 Å². The summed E-state index contributed by atoms with van der Waals surface area (Å²) in [6.07, 6.45) is 5.99. The van der Waals surface area contributed by atoms with Gasteiger partial charge >= 0.3 is 5.97 Å². The minimum atomic E-state index is -0.855. The molecule has 2 aromatic rings. The topological polar surface area (TPSA) is 82.5 Å². The van der Waals surface area contributed by atoms with E-state index in [0.717, 1.165) is 11.3 Å². The average Bonchev–Trinajstić information content (AvgIpc) is 2.70. The van der Waals surface area contributed by atoms with Crippen molar-refractivity contribution in [3.05, 3.63) is 66.0 Å². The molecule has 0 spiro atoms. The minimum absolute atomic E-state index is 0.159. The number of anilines is 1. The lowest BCUT2D eigenvalue weighted by atomic mass is 9.88. The van der Waals surface area contributed by atoms with Gasteiger partial charge in [0.2, 0.25) is 5.91 Å². The molecular formula is C22H25N3O3. The standard InChI is InChI=1S/C22H25N3O3/c1-16-9-10-20(13-23-16)24-21(26)18-12-19(22(27)28)15-25(14-18)11-5-8-17-6-3-2-4-7-17/h2-10,13,18-19H,11-12,14-15H2,1H3,(H,24,26)(H,27,28)/t18-,19+/m1/s1. The van der Waals surface area contributed by atoms with Gasteiger partial charge in [-0.1, -0.05) is 42.5 Å². The van der Waals surface area contributed by atoms with E-state index in [0.29, 0.717) is 31.7 Å². The van der Waals surface area contributed by atoms with Crippen LogP contribution in [0.5, 0.6) is 0 Å². The Morgan fingerprint density at radius 1 is 1.18 bits per heavy atom. The number of carbonyl (C=O) groups excluding carboxylic acids is 1. The number of benzene rings is 1. The van der Waals surface area contributed by atoms with Gasteiger partial charge in [-0.05, 0) is 31.0 Å². The van der Waals surface area contributed by atoms with E-state index < -0.39 is 11.9 Å². The number of likely N-dealkylation sites (tertiary alicyclic amines) is 1. The van der Waals surface area contributed by atoms with Crippen molar-refractivity contribution in [3.8, 4) is 0 Å². The lowest BCUT2D eigenvalue weighted by Crippen LogP contribution is -2.46. The number of rotatable bonds is 6. The summed E-state index contributed by atoms with van der Waals surface area (Å²) in [6, 6.07) is 13.6. The number of nitrogens with one attached hydrogen (secondary N) is 1. The smallest absolute Gasteiger partial charge is 0.307 e. The zero-order valence-electron chi connectivity index (χ0n) is 15.9. The van der Waals surface area contributed by atoms with E-state index >= 15 is 0 Å². The van der Waals surface area contributed by atoms with Gasteiger partial charge in [0, 0.05) is 25.3 Å². The van der Waals surface area contributed by atoms with Gasteiger partial charge in [-0.15, -0.1) is 0 Å². The van der Waals surface area contributed by atoms with Gasteiger partial charge in [0.05, 0.1) is 23.7 Å². The maximum Gasteiger partial charge on any atom is 0.307 e. The van der Waals surface area contributed by atoms with Crippen LogP contribution in [0, 0.1) is 18.8 Å². The first-order valence-corrected chi connectivity index (χ1v) is 9.41. The maximum absolute atomic E-state index is 12.7. The van der Waals surface area contributed by atoms with Crippen molar-refractivity contribution in [1.29, 1.82) is 0 Å². The molecule has 0 saturated carbocycles. The SMILES string of the molecule is Cc1ccc(NC(=O)[C@@H]2C[C@H](C(=O)O)CN(CC=Cc3ccccc3)C2)cn1. The summed E-state index contributed by atoms with van der Waals surface area (Å²) >= 11 is 0. The van der Waals surface area contributed by atoms with E-state index in [-0.39, 0.29) is 11.8 Å². The number of nitrogens with zero attached hydrogens (tertiary/aromatic N) is 2. The number of carbonyl (C=O) groups is 2. The molecule has 28 heavy (non-hydrogen) atoms. The highest BCUT2D eigenvalue weighted by atomic mass is 16.4. The number of aryl methyl sites for hydroxylation is 1. The monoisotopic (exact) mass is 379 g/mol. The summed E-state index contributed by atoms with van der Waals surface area (Å²) in [5, 5.41) is 12.4. The molecule has 6 heteroatoms. The number of hydrogen-bond donors (Lipinski definition) is 2. The molecule has 1 amide bonds. The van der Waals surface area contributed by atoms with Gasteiger partial charge in [0.15, 0.2) is 0 Å². The zero-order chi connectivity index (χ0) is 19.9. The Balaban J connectivity index is 1.63. The molecule has 1 aromatic heterocycles. The Bertz CT molecular complexity index is 834. The van der Waals surface area contributed by atoms with Crippen LogP contribution in [0.25, 0.3) is 6.08 Å². The number of aliphatic carboxylic acids is 1. The predicted molar refractivity (Wildman–Crippen MR) is 109 cm³/mol. The summed E-state index contributed by atoms with van der Waals surface area (Å²) in [5.41, 5.74) is 2.59. The maximum atomic E-state index is 12.7. The molecule has 1 aliphatic rings. The Kier molecular flexibility index (Phi) is 6.55. The van der Waals surface area contributed by atoms with Gasteiger partial charge in [-0.3, -0.25) is 19.5 Å². The summed E-state index contributed by atoms with van der Waals surface area (Å²) in [4.78, 5) is 30.5. The molecule has 146 valence electrons. The molecule has 0 unspecified atom stereocenters. The minimum Gasteiger partial charge on any atom is -0.481 e. The van der Waals surface area contributed by atoms with Gasteiger partial charge < -0.3 is 10.4 Å². The highest BCUT2D eigenvalue weighted by Crippen LogP contribution is 2.24. The molecule has 0 bridgehead atoms. The van der Waals surface area contributed by atoms with Crippen molar-refractivity contribution in [2.24, 2.45) is 11.8 Å². The van der Waals surface area contributed by atoms with Gasteiger partial charge in [0.25, 0.3) is 0 Å². The Morgan fingerprint density at radius 2 is 1.93 bits per heavy atom. The second-order valence-corrected chi connectivity index (χ2v) is 7.18. The molecule has 0 radical (unpaired) electrons. The molecule has 2 N–H and O–H groups in total. The predicted octanol–water partition coefficient (Wildman–Crippen LogP) is 3.06. The fourth-order valence-corrected chi connectivity index (χ4v) is 3.40. The highest BCUT2D eigenvalue weighted by Gasteiger charge is 2.34. The summed E-state index contributed by atoms with van der Waals surface area (Å²) < 4.78 is 0. The summed E-state index contributed by atoms with van der Waals surface area (Å²) in [5.74, 6) is -1.94. The third-order valence-corrected chi connectivity index (χ3v) is 4.90. The van der Waals surface area contributed by atoms with Gasteiger partial charge in [-0.25, -0.2) is 0 Å². The van der Waals surface area contributed by atoms with Crippen molar-refractivity contribution in [2.45, 2.75) is 13.3 Å². The molecule has 1 aliphatic heterocycles. The van der Waals surface area contributed by atoms with Crippen LogP contribution in [0.4, 0.5) is 5.69 Å². The lowest BCUT2D eigenvalue weighted by molar-refractivity contribution is -0.145. The number of amides is 1. The number of pyridine rings is 1. The van der Waals surface area contributed by atoms with Crippen LogP contribution in [-0.4, -0.2) is 46.5 Å². The fourth-order valence-electron chi connectivity index (χ4n) is 3.40. The Hall–Kier alpha value is -2.99. The number of carboxylic acid groups (broad SMARTS) is 1. The molecule has 1 aromatic carbocycles. The van der Waals surface area contributed by atoms with E-state index in [1.54, 1.807) is 12.3 Å². The van der Waals surface area contributed by atoms with Crippen LogP contribution in [0.3, 0.4) is 0 Å². The summed E-state index contributed by atoms with van der Waals surface area (Å²) in [7, 11) is 0. The number of hydrogen-bond acceptors (Lipinski definition) is 4. The third kappa shape index (κ3) is 5.50. The van der Waals surface area contributed by atoms with Crippen molar-refractivity contribution >= 4 is 23.6 Å². The van der Waals surface area contributed by atoms with Crippen LogP contribution in [0.2, 0.25) is 0 Å². The van der Waals surface area contributed by atoms with Crippen LogP contribution >= 0.6 is 0 Å². The normalized spacial score (nSPS) is 20.2. The van der Waals surface area contributed by atoms with Crippen LogP contribution in [0.15, 0.2) is 54.7 Å². The van der Waals surface area contributed by atoms with Crippen molar-refractivity contribution in [1.82, 2.24) is 9.88 Å². The molecule has 1 fully saturated rings. The number of aromatic nitrogens is 1.